The summed E-state index contributed by atoms with van der Waals surface area (Å²) < 4.78 is 0. The number of thiazole rings is 1. The van der Waals surface area contributed by atoms with Crippen LogP contribution in [0.15, 0.2) is 5.38 Å². The standard InChI is InChI=1S/C10H16N2OS/c1-6(9-5-14-7(2)12-9)11-8-3-4-10(8)13/h5-6,8,10-11,13H,3-4H2,1-2H3/t6?,8-,10-/m1/s1. The van der Waals surface area contributed by atoms with Crippen molar-refractivity contribution >= 4 is 11.3 Å². The monoisotopic (exact) mass is 212 g/mol. The molecule has 0 bridgehead atoms. The van der Waals surface area contributed by atoms with Gasteiger partial charge >= 0.3 is 0 Å². The van der Waals surface area contributed by atoms with Crippen LogP contribution < -0.4 is 5.32 Å². The van der Waals surface area contributed by atoms with Crippen LogP contribution in [-0.4, -0.2) is 22.2 Å². The van der Waals surface area contributed by atoms with Crippen molar-refractivity contribution in [2.75, 3.05) is 0 Å². The Hall–Kier alpha value is -0.450. The van der Waals surface area contributed by atoms with E-state index < -0.39 is 0 Å². The summed E-state index contributed by atoms with van der Waals surface area (Å²) in [5.41, 5.74) is 1.09. The molecule has 0 radical (unpaired) electrons. The van der Waals surface area contributed by atoms with Crippen LogP contribution in [0.25, 0.3) is 0 Å². The summed E-state index contributed by atoms with van der Waals surface area (Å²) in [6.07, 6.45) is 1.85. The van der Waals surface area contributed by atoms with Gasteiger partial charge in [-0.1, -0.05) is 0 Å². The van der Waals surface area contributed by atoms with Crippen molar-refractivity contribution in [1.82, 2.24) is 10.3 Å². The molecule has 1 aliphatic rings. The molecule has 3 atom stereocenters. The summed E-state index contributed by atoms with van der Waals surface area (Å²) in [5, 5.41) is 16.0. The number of rotatable bonds is 3. The van der Waals surface area contributed by atoms with E-state index in [1.54, 1.807) is 11.3 Å². The fraction of sp³-hybridized carbons (Fsp3) is 0.700. The van der Waals surface area contributed by atoms with Crippen molar-refractivity contribution in [3.05, 3.63) is 16.1 Å². The molecule has 0 spiro atoms. The van der Waals surface area contributed by atoms with Crippen LogP contribution in [0.5, 0.6) is 0 Å². The van der Waals surface area contributed by atoms with E-state index in [0.29, 0.717) is 0 Å². The zero-order chi connectivity index (χ0) is 10.1. The fourth-order valence-corrected chi connectivity index (χ4v) is 2.37. The van der Waals surface area contributed by atoms with Gasteiger partial charge in [0.05, 0.1) is 16.8 Å². The van der Waals surface area contributed by atoms with Crippen LogP contribution in [0.3, 0.4) is 0 Å². The maximum atomic E-state index is 9.43. The van der Waals surface area contributed by atoms with Crippen LogP contribution in [0.4, 0.5) is 0 Å². The van der Waals surface area contributed by atoms with Gasteiger partial charge in [0.25, 0.3) is 0 Å². The summed E-state index contributed by atoms with van der Waals surface area (Å²) in [5.74, 6) is 0. The molecule has 1 aromatic heterocycles. The van der Waals surface area contributed by atoms with E-state index in [9.17, 15) is 5.11 Å². The third-order valence-electron chi connectivity index (χ3n) is 2.78. The summed E-state index contributed by atoms with van der Waals surface area (Å²) in [7, 11) is 0. The van der Waals surface area contributed by atoms with Crippen LogP contribution in [0.2, 0.25) is 0 Å². The number of aromatic nitrogens is 1. The highest BCUT2D eigenvalue weighted by Crippen LogP contribution is 2.24. The highest BCUT2D eigenvalue weighted by atomic mass is 32.1. The Morgan fingerprint density at radius 2 is 2.43 bits per heavy atom. The third-order valence-corrected chi connectivity index (χ3v) is 3.57. The molecule has 4 heteroatoms. The highest BCUT2D eigenvalue weighted by molar-refractivity contribution is 7.09. The van der Waals surface area contributed by atoms with E-state index in [-0.39, 0.29) is 18.2 Å². The Kier molecular flexibility index (Phi) is 2.85. The first kappa shape index (κ1) is 10.1. The van der Waals surface area contributed by atoms with Gasteiger partial charge in [0.15, 0.2) is 0 Å². The number of hydrogen-bond acceptors (Lipinski definition) is 4. The molecule has 1 aromatic rings. The lowest BCUT2D eigenvalue weighted by molar-refractivity contribution is 0.0447. The molecule has 0 aromatic carbocycles. The lowest BCUT2D eigenvalue weighted by Crippen LogP contribution is -2.48. The largest absolute Gasteiger partial charge is 0.392 e. The maximum Gasteiger partial charge on any atom is 0.0898 e. The molecule has 3 nitrogen and oxygen atoms in total. The zero-order valence-corrected chi connectivity index (χ0v) is 9.34. The average molecular weight is 212 g/mol. The Balaban J connectivity index is 1.92. The molecule has 1 aliphatic carbocycles. The summed E-state index contributed by atoms with van der Waals surface area (Å²) in [4.78, 5) is 4.42. The first-order chi connectivity index (χ1) is 6.66. The van der Waals surface area contributed by atoms with E-state index in [1.807, 2.05) is 6.92 Å². The molecule has 0 amide bonds. The number of nitrogens with one attached hydrogen (secondary N) is 1. The van der Waals surface area contributed by atoms with Gasteiger partial charge in [-0.3, -0.25) is 0 Å². The maximum absolute atomic E-state index is 9.43. The van der Waals surface area contributed by atoms with E-state index in [2.05, 4.69) is 22.6 Å². The van der Waals surface area contributed by atoms with Crippen molar-refractivity contribution in [1.29, 1.82) is 0 Å². The minimum Gasteiger partial charge on any atom is -0.392 e. The molecule has 78 valence electrons. The van der Waals surface area contributed by atoms with Crippen molar-refractivity contribution in [3.63, 3.8) is 0 Å². The Morgan fingerprint density at radius 1 is 1.64 bits per heavy atom. The molecule has 0 aliphatic heterocycles. The second kappa shape index (κ2) is 3.96. The number of aliphatic hydroxyl groups excluding tert-OH is 1. The fourth-order valence-electron chi connectivity index (χ4n) is 1.66. The summed E-state index contributed by atoms with van der Waals surface area (Å²) in [6.45, 7) is 4.11. The lowest BCUT2D eigenvalue weighted by Gasteiger charge is -2.35. The Bertz CT molecular complexity index is 313. The first-order valence-corrected chi connectivity index (χ1v) is 5.91. The van der Waals surface area contributed by atoms with Gasteiger partial charge in [0.1, 0.15) is 0 Å². The van der Waals surface area contributed by atoms with Gasteiger partial charge in [0, 0.05) is 17.5 Å². The van der Waals surface area contributed by atoms with Crippen LogP contribution >= 0.6 is 11.3 Å². The Labute approximate surface area is 88.2 Å². The van der Waals surface area contributed by atoms with Gasteiger partial charge in [-0.2, -0.15) is 0 Å². The van der Waals surface area contributed by atoms with Crippen molar-refractivity contribution < 1.29 is 5.11 Å². The second-order valence-electron chi connectivity index (χ2n) is 3.93. The predicted molar refractivity (Wildman–Crippen MR) is 57.4 cm³/mol. The molecule has 14 heavy (non-hydrogen) atoms. The zero-order valence-electron chi connectivity index (χ0n) is 8.53. The molecule has 2 rings (SSSR count). The number of aryl methyl sites for hydroxylation is 1. The molecule has 1 heterocycles. The molecular formula is C10H16N2OS. The summed E-state index contributed by atoms with van der Waals surface area (Å²) in [6, 6.07) is 0.520. The summed E-state index contributed by atoms with van der Waals surface area (Å²) >= 11 is 1.67. The van der Waals surface area contributed by atoms with E-state index in [1.165, 1.54) is 0 Å². The van der Waals surface area contributed by atoms with E-state index in [0.717, 1.165) is 23.5 Å². The minimum absolute atomic E-state index is 0.155. The van der Waals surface area contributed by atoms with Gasteiger partial charge in [-0.05, 0) is 26.7 Å². The van der Waals surface area contributed by atoms with Gasteiger partial charge in [-0.15, -0.1) is 11.3 Å². The number of aliphatic hydroxyl groups is 1. The topological polar surface area (TPSA) is 45.2 Å². The normalized spacial score (nSPS) is 28.5. The van der Waals surface area contributed by atoms with Gasteiger partial charge in [-0.25, -0.2) is 4.98 Å². The number of hydrogen-bond donors (Lipinski definition) is 2. The molecule has 1 saturated carbocycles. The Morgan fingerprint density at radius 3 is 2.86 bits per heavy atom. The third kappa shape index (κ3) is 1.97. The SMILES string of the molecule is Cc1nc(C(C)N[C@@H]2CC[C@H]2O)cs1. The molecular weight excluding hydrogens is 196 g/mol. The van der Waals surface area contributed by atoms with E-state index >= 15 is 0 Å². The average Bonchev–Trinajstić information content (AvgIpc) is 2.58. The predicted octanol–water partition coefficient (Wildman–Crippen LogP) is 1.63. The highest BCUT2D eigenvalue weighted by Gasteiger charge is 2.30. The first-order valence-electron chi connectivity index (χ1n) is 5.03. The second-order valence-corrected chi connectivity index (χ2v) is 4.99. The smallest absolute Gasteiger partial charge is 0.0898 e. The molecule has 2 N–H and O–H groups in total. The van der Waals surface area contributed by atoms with E-state index in [4.69, 9.17) is 0 Å². The van der Waals surface area contributed by atoms with Gasteiger partial charge < -0.3 is 10.4 Å². The number of nitrogens with zero attached hydrogens (tertiary/aromatic N) is 1. The van der Waals surface area contributed by atoms with Crippen molar-refractivity contribution in [2.24, 2.45) is 0 Å². The van der Waals surface area contributed by atoms with Crippen LogP contribution in [0.1, 0.15) is 36.5 Å². The molecule has 0 saturated heterocycles. The molecule has 1 unspecified atom stereocenters. The quantitative estimate of drug-likeness (QED) is 0.800. The van der Waals surface area contributed by atoms with Crippen molar-refractivity contribution in [2.45, 2.75) is 44.9 Å². The van der Waals surface area contributed by atoms with Crippen LogP contribution in [-0.2, 0) is 0 Å². The van der Waals surface area contributed by atoms with Crippen molar-refractivity contribution in [3.8, 4) is 0 Å². The van der Waals surface area contributed by atoms with Gasteiger partial charge in [0.2, 0.25) is 0 Å². The lowest BCUT2D eigenvalue weighted by atomic mass is 9.88. The molecule has 1 fully saturated rings. The van der Waals surface area contributed by atoms with Crippen LogP contribution in [0, 0.1) is 6.92 Å². The minimum atomic E-state index is -0.155.